The van der Waals surface area contributed by atoms with E-state index in [0.29, 0.717) is 12.3 Å². The Morgan fingerprint density at radius 1 is 1.06 bits per heavy atom. The summed E-state index contributed by atoms with van der Waals surface area (Å²) in [5.74, 6) is -0.565. The Morgan fingerprint density at radius 2 is 1.91 bits per heavy atom. The summed E-state index contributed by atoms with van der Waals surface area (Å²) >= 11 is 1.51. The summed E-state index contributed by atoms with van der Waals surface area (Å²) < 4.78 is 12.4. The molecule has 5 rings (SSSR count). The van der Waals surface area contributed by atoms with Gasteiger partial charge in [0.25, 0.3) is 0 Å². The molecule has 0 saturated carbocycles. The van der Waals surface area contributed by atoms with Crippen LogP contribution < -0.4 is 4.74 Å². The third kappa shape index (κ3) is 5.17. The van der Waals surface area contributed by atoms with Crippen LogP contribution in [0.25, 0.3) is 10.2 Å². The Hall–Kier alpha value is -3.38. The van der Waals surface area contributed by atoms with E-state index in [0.717, 1.165) is 53.6 Å². The number of rotatable bonds is 7. The van der Waals surface area contributed by atoms with Gasteiger partial charge in [0.15, 0.2) is 0 Å². The van der Waals surface area contributed by atoms with Gasteiger partial charge in [-0.1, -0.05) is 36.4 Å². The van der Waals surface area contributed by atoms with E-state index in [2.05, 4.69) is 38.1 Å². The first kappa shape index (κ1) is 21.5. The van der Waals surface area contributed by atoms with Crippen LogP contribution in [0.5, 0.6) is 6.01 Å². The van der Waals surface area contributed by atoms with Crippen molar-refractivity contribution in [2.45, 2.75) is 19.1 Å². The molecular weight excluding hydrogens is 434 g/mol. The molecule has 166 valence electrons. The normalized spacial score (nSPS) is 15.2. The van der Waals surface area contributed by atoms with E-state index in [1.807, 2.05) is 36.4 Å². The average Bonchev–Trinajstić information content (AvgIpc) is 3.28. The van der Waals surface area contributed by atoms with Crippen molar-refractivity contribution in [1.29, 1.82) is 5.26 Å². The van der Waals surface area contributed by atoms with E-state index >= 15 is 0 Å². The van der Waals surface area contributed by atoms with Crippen LogP contribution in [-0.4, -0.2) is 46.2 Å². The summed E-state index contributed by atoms with van der Waals surface area (Å²) in [6, 6.07) is 20.6. The number of ether oxygens (including phenoxy) is 2. The molecule has 1 atom stereocenters. The minimum absolute atomic E-state index is 0.257. The molecule has 0 radical (unpaired) electrons. The molecule has 0 aliphatic carbocycles. The molecule has 1 fully saturated rings. The van der Waals surface area contributed by atoms with Crippen molar-refractivity contribution in [3.8, 4) is 12.1 Å². The van der Waals surface area contributed by atoms with E-state index in [9.17, 15) is 5.26 Å². The lowest BCUT2D eigenvalue weighted by atomic mass is 10.1. The van der Waals surface area contributed by atoms with Crippen molar-refractivity contribution in [2.24, 2.45) is 0 Å². The molecule has 4 aromatic rings. The molecule has 0 N–H and O–H groups in total. The molecule has 1 aliphatic rings. The number of para-hydroxylation sites is 1. The van der Waals surface area contributed by atoms with Crippen molar-refractivity contribution < 1.29 is 9.47 Å². The van der Waals surface area contributed by atoms with Gasteiger partial charge in [-0.2, -0.15) is 10.2 Å². The summed E-state index contributed by atoms with van der Waals surface area (Å²) in [7, 11) is 0. The molecule has 0 amide bonds. The SMILES string of the molecule is N#CC(c1ccnc(OCc2cccc(CN3CCOCC3)c2)n1)c1nc2ccccc2s1. The second kappa shape index (κ2) is 10.0. The number of morpholine rings is 1. The standard InChI is InChI=1S/C25H23N5O2S/c26-15-20(24-28-22-6-1-2-7-23(22)33-24)21-8-9-27-25(29-21)32-17-19-5-3-4-18(14-19)16-30-10-12-31-13-11-30/h1-9,14,20H,10-13,16-17H2. The first-order valence-corrected chi connectivity index (χ1v) is 11.7. The molecule has 8 heteroatoms. The van der Waals surface area contributed by atoms with Gasteiger partial charge in [-0.3, -0.25) is 4.90 Å². The topological polar surface area (TPSA) is 84.2 Å². The molecule has 3 heterocycles. The molecule has 1 unspecified atom stereocenters. The Bertz CT molecular complexity index is 1250. The number of aromatic nitrogens is 3. The minimum Gasteiger partial charge on any atom is -0.459 e. The van der Waals surface area contributed by atoms with Gasteiger partial charge >= 0.3 is 6.01 Å². The maximum absolute atomic E-state index is 9.83. The molecule has 0 spiro atoms. The fraction of sp³-hybridized carbons (Fsp3) is 0.280. The molecule has 1 aliphatic heterocycles. The number of thiazole rings is 1. The second-order valence-corrected chi connectivity index (χ2v) is 8.91. The van der Waals surface area contributed by atoms with Gasteiger partial charge in [0.1, 0.15) is 17.5 Å². The highest BCUT2D eigenvalue weighted by atomic mass is 32.1. The van der Waals surface area contributed by atoms with Crippen LogP contribution in [-0.2, 0) is 17.9 Å². The fourth-order valence-electron chi connectivity index (χ4n) is 3.83. The lowest BCUT2D eigenvalue weighted by molar-refractivity contribution is 0.0342. The lowest BCUT2D eigenvalue weighted by Gasteiger charge is -2.26. The Balaban J connectivity index is 1.27. The van der Waals surface area contributed by atoms with Crippen LogP contribution in [0.4, 0.5) is 0 Å². The summed E-state index contributed by atoms with van der Waals surface area (Å²) in [6.45, 7) is 4.74. The highest BCUT2D eigenvalue weighted by Crippen LogP contribution is 2.31. The van der Waals surface area contributed by atoms with Crippen molar-refractivity contribution in [1.82, 2.24) is 19.9 Å². The van der Waals surface area contributed by atoms with Gasteiger partial charge < -0.3 is 9.47 Å². The molecule has 1 saturated heterocycles. The summed E-state index contributed by atoms with van der Waals surface area (Å²) in [6.07, 6.45) is 1.63. The van der Waals surface area contributed by atoms with Gasteiger partial charge in [0, 0.05) is 25.8 Å². The largest absolute Gasteiger partial charge is 0.459 e. The number of fused-ring (bicyclic) bond motifs is 1. The minimum atomic E-state index is -0.565. The Kier molecular flexibility index (Phi) is 6.53. The van der Waals surface area contributed by atoms with Gasteiger partial charge in [-0.15, -0.1) is 11.3 Å². The summed E-state index contributed by atoms with van der Waals surface area (Å²) in [5, 5.41) is 10.5. The van der Waals surface area contributed by atoms with E-state index in [1.165, 1.54) is 16.9 Å². The first-order valence-electron chi connectivity index (χ1n) is 10.9. The zero-order chi connectivity index (χ0) is 22.5. The van der Waals surface area contributed by atoms with Gasteiger partial charge in [-0.05, 0) is 29.3 Å². The number of hydrogen-bond acceptors (Lipinski definition) is 8. The van der Waals surface area contributed by atoms with E-state index in [1.54, 1.807) is 12.3 Å². The summed E-state index contributed by atoms with van der Waals surface area (Å²) in [5.41, 5.74) is 3.77. The predicted octanol–water partition coefficient (Wildman–Crippen LogP) is 4.15. The zero-order valence-corrected chi connectivity index (χ0v) is 18.9. The highest BCUT2D eigenvalue weighted by Gasteiger charge is 2.20. The van der Waals surface area contributed by atoms with Crippen LogP contribution in [0.1, 0.15) is 27.7 Å². The maximum Gasteiger partial charge on any atom is 0.316 e. The Labute approximate surface area is 196 Å². The highest BCUT2D eigenvalue weighted by molar-refractivity contribution is 7.18. The molecule has 2 aromatic heterocycles. The van der Waals surface area contributed by atoms with E-state index in [-0.39, 0.29) is 6.01 Å². The third-order valence-electron chi connectivity index (χ3n) is 5.51. The van der Waals surface area contributed by atoms with Crippen LogP contribution in [0, 0.1) is 11.3 Å². The molecule has 0 bridgehead atoms. The van der Waals surface area contributed by atoms with E-state index < -0.39 is 5.92 Å². The molecule has 33 heavy (non-hydrogen) atoms. The predicted molar refractivity (Wildman–Crippen MR) is 126 cm³/mol. The van der Waals surface area contributed by atoms with Crippen LogP contribution in [0.3, 0.4) is 0 Å². The molecular formula is C25H23N5O2S. The summed E-state index contributed by atoms with van der Waals surface area (Å²) in [4.78, 5) is 15.8. The lowest BCUT2D eigenvalue weighted by Crippen LogP contribution is -2.35. The number of benzene rings is 2. The van der Waals surface area contributed by atoms with Crippen molar-refractivity contribution in [3.63, 3.8) is 0 Å². The van der Waals surface area contributed by atoms with Gasteiger partial charge in [0.2, 0.25) is 0 Å². The van der Waals surface area contributed by atoms with Crippen molar-refractivity contribution in [3.05, 3.63) is 82.6 Å². The quantitative estimate of drug-likeness (QED) is 0.412. The number of nitrogens with zero attached hydrogens (tertiary/aromatic N) is 5. The smallest absolute Gasteiger partial charge is 0.316 e. The van der Waals surface area contributed by atoms with Crippen LogP contribution in [0.2, 0.25) is 0 Å². The maximum atomic E-state index is 9.83. The van der Waals surface area contributed by atoms with Crippen LogP contribution in [0.15, 0.2) is 60.8 Å². The Morgan fingerprint density at radius 3 is 2.76 bits per heavy atom. The van der Waals surface area contributed by atoms with Crippen LogP contribution >= 0.6 is 11.3 Å². The average molecular weight is 458 g/mol. The monoisotopic (exact) mass is 457 g/mol. The third-order valence-corrected chi connectivity index (χ3v) is 6.61. The second-order valence-electron chi connectivity index (χ2n) is 7.84. The first-order chi connectivity index (χ1) is 16.3. The van der Waals surface area contributed by atoms with Crippen molar-refractivity contribution in [2.75, 3.05) is 26.3 Å². The molecule has 7 nitrogen and oxygen atoms in total. The van der Waals surface area contributed by atoms with E-state index in [4.69, 9.17) is 9.47 Å². The van der Waals surface area contributed by atoms with Crippen molar-refractivity contribution >= 4 is 21.6 Å². The molecule has 2 aromatic carbocycles. The fourth-order valence-corrected chi connectivity index (χ4v) is 4.85. The van der Waals surface area contributed by atoms with Gasteiger partial charge in [0.05, 0.1) is 35.2 Å². The number of hydrogen-bond donors (Lipinski definition) is 0. The van der Waals surface area contributed by atoms with Gasteiger partial charge in [-0.25, -0.2) is 9.97 Å². The number of nitriles is 1. The zero-order valence-electron chi connectivity index (χ0n) is 18.1.